The Balaban J connectivity index is 1.71. The van der Waals surface area contributed by atoms with Crippen molar-refractivity contribution in [3.8, 4) is 0 Å². The molecule has 4 atom stereocenters. The van der Waals surface area contributed by atoms with Crippen molar-refractivity contribution in [2.45, 2.75) is 43.2 Å². The lowest BCUT2D eigenvalue weighted by atomic mass is 9.66. The van der Waals surface area contributed by atoms with E-state index in [1.807, 2.05) is 24.3 Å². The van der Waals surface area contributed by atoms with Gasteiger partial charge in [-0.1, -0.05) is 24.6 Å². The van der Waals surface area contributed by atoms with Gasteiger partial charge in [0.15, 0.2) is 0 Å². The number of ketones is 2. The molecule has 1 aromatic carbocycles. The van der Waals surface area contributed by atoms with Gasteiger partial charge in [0.05, 0.1) is 0 Å². The number of nitrogens with two attached hydrogens (primary N) is 1. The number of anilines is 1. The van der Waals surface area contributed by atoms with Crippen LogP contribution in [0.1, 0.15) is 47.5 Å². The number of hydrogen-bond donors (Lipinski definition) is 3. The van der Waals surface area contributed by atoms with Gasteiger partial charge in [-0.3, -0.25) is 19.4 Å². The molecule has 7 nitrogen and oxygen atoms in total. The van der Waals surface area contributed by atoms with E-state index in [0.717, 1.165) is 30.5 Å². The number of carboxylic acids is 1. The lowest BCUT2D eigenvalue weighted by molar-refractivity contribution is -0.146. The normalized spacial score (nSPS) is 24.5. The Bertz CT molecular complexity index is 962. The first-order valence-corrected chi connectivity index (χ1v) is 9.77. The summed E-state index contributed by atoms with van der Waals surface area (Å²) in [6.45, 7) is 0. The monoisotopic (exact) mass is 393 g/mol. The summed E-state index contributed by atoms with van der Waals surface area (Å²) in [6, 6.07) is 10.6. The van der Waals surface area contributed by atoms with Crippen LogP contribution >= 0.6 is 0 Å². The van der Waals surface area contributed by atoms with E-state index < -0.39 is 35.4 Å². The molecule has 2 heterocycles. The molecule has 1 aliphatic heterocycles. The zero-order valence-electron chi connectivity index (χ0n) is 15.9. The third-order valence-electron chi connectivity index (χ3n) is 6.22. The first-order chi connectivity index (χ1) is 13.9. The number of carbonyl (C=O) groups is 3. The lowest BCUT2D eigenvalue weighted by Gasteiger charge is -2.44. The summed E-state index contributed by atoms with van der Waals surface area (Å²) in [5.74, 6) is -3.41. The molecule has 29 heavy (non-hydrogen) atoms. The molecule has 0 radical (unpaired) electrons. The maximum Gasteiger partial charge on any atom is 0.324 e. The second-order valence-electron chi connectivity index (χ2n) is 7.93. The maximum absolute atomic E-state index is 12.8. The summed E-state index contributed by atoms with van der Waals surface area (Å²) in [4.78, 5) is 41.6. The number of nitrogens with one attached hydrogen (secondary N) is 1. The summed E-state index contributed by atoms with van der Waals surface area (Å²) < 4.78 is 0. The fraction of sp³-hybridized carbons (Fsp3) is 0.364. The molecular formula is C22H23N3O4. The highest BCUT2D eigenvalue weighted by Gasteiger charge is 2.53. The Kier molecular flexibility index (Phi) is 4.92. The number of benzene rings is 1. The predicted molar refractivity (Wildman–Crippen MR) is 107 cm³/mol. The summed E-state index contributed by atoms with van der Waals surface area (Å²) in [5.41, 5.74) is 6.39. The summed E-state index contributed by atoms with van der Waals surface area (Å²) in [6.07, 6.45) is 4.95. The standard InChI is InChI=1S/C22H23N3O4/c23-22(21(28)29,11-18(26)20(27)13-5-4-10-24-12-13)19-14-6-1-2-8-16(14)25-17-9-3-7-15(17)19/h1-2,4-6,8,10,12,15,17,19,25H,3,7,9,11,23H2,(H,28,29). The highest BCUT2D eigenvalue weighted by molar-refractivity contribution is 6.44. The number of carboxylic acid groups (broad SMARTS) is 1. The molecule has 0 bridgehead atoms. The van der Waals surface area contributed by atoms with Crippen molar-refractivity contribution >= 4 is 23.2 Å². The molecule has 0 amide bonds. The number of rotatable bonds is 6. The largest absolute Gasteiger partial charge is 0.480 e. The fourth-order valence-electron chi connectivity index (χ4n) is 4.88. The summed E-state index contributed by atoms with van der Waals surface area (Å²) in [5, 5.41) is 13.6. The Morgan fingerprint density at radius 3 is 2.69 bits per heavy atom. The van der Waals surface area contributed by atoms with Crippen LogP contribution < -0.4 is 11.1 Å². The van der Waals surface area contributed by atoms with E-state index in [9.17, 15) is 19.5 Å². The number of para-hydroxylation sites is 1. The van der Waals surface area contributed by atoms with Crippen LogP contribution in [0.4, 0.5) is 5.69 Å². The molecule has 1 saturated carbocycles. The van der Waals surface area contributed by atoms with Gasteiger partial charge in [0.2, 0.25) is 11.6 Å². The molecule has 0 saturated heterocycles. The van der Waals surface area contributed by atoms with Crippen molar-refractivity contribution in [3.05, 3.63) is 59.9 Å². The Morgan fingerprint density at radius 1 is 1.17 bits per heavy atom. The predicted octanol–water partition coefficient (Wildman–Crippen LogP) is 2.38. The van der Waals surface area contributed by atoms with Gasteiger partial charge in [-0.25, -0.2) is 0 Å². The SMILES string of the molecule is NC(CC(=O)C(=O)c1cccnc1)(C(=O)O)C1c2ccccc2NC2CCCC21. The van der Waals surface area contributed by atoms with Gasteiger partial charge >= 0.3 is 5.97 Å². The van der Waals surface area contributed by atoms with Crippen LogP contribution in [0, 0.1) is 5.92 Å². The van der Waals surface area contributed by atoms with Gasteiger partial charge in [-0.15, -0.1) is 0 Å². The Labute approximate surface area is 168 Å². The molecule has 4 unspecified atom stereocenters. The molecule has 0 spiro atoms. The first-order valence-electron chi connectivity index (χ1n) is 9.77. The van der Waals surface area contributed by atoms with Gasteiger partial charge in [-0.2, -0.15) is 0 Å². The van der Waals surface area contributed by atoms with E-state index >= 15 is 0 Å². The molecule has 4 rings (SSSR count). The van der Waals surface area contributed by atoms with Crippen LogP contribution in [0.3, 0.4) is 0 Å². The van der Waals surface area contributed by atoms with Crippen LogP contribution in [0.2, 0.25) is 0 Å². The van der Waals surface area contributed by atoms with Gasteiger partial charge in [-0.05, 0) is 42.5 Å². The number of nitrogens with zero attached hydrogens (tertiary/aromatic N) is 1. The molecule has 1 aromatic heterocycles. The molecule has 1 fully saturated rings. The number of aliphatic carboxylic acids is 1. The van der Waals surface area contributed by atoms with E-state index in [4.69, 9.17) is 5.73 Å². The number of fused-ring (bicyclic) bond motifs is 2. The van der Waals surface area contributed by atoms with E-state index in [2.05, 4.69) is 10.3 Å². The Morgan fingerprint density at radius 2 is 1.97 bits per heavy atom. The quantitative estimate of drug-likeness (QED) is 0.509. The minimum absolute atomic E-state index is 0.00714. The number of aromatic nitrogens is 1. The van der Waals surface area contributed by atoms with Crippen LogP contribution in [0.5, 0.6) is 0 Å². The minimum atomic E-state index is -1.87. The maximum atomic E-state index is 12.8. The molecule has 7 heteroatoms. The van der Waals surface area contributed by atoms with E-state index in [1.165, 1.54) is 18.5 Å². The molecular weight excluding hydrogens is 370 g/mol. The molecule has 150 valence electrons. The van der Waals surface area contributed by atoms with Crippen molar-refractivity contribution < 1.29 is 19.5 Å². The number of carbonyl (C=O) groups excluding carboxylic acids is 2. The van der Waals surface area contributed by atoms with Gasteiger partial charge in [0.1, 0.15) is 5.54 Å². The van der Waals surface area contributed by atoms with Crippen LogP contribution in [-0.2, 0) is 9.59 Å². The zero-order valence-corrected chi connectivity index (χ0v) is 15.9. The molecule has 2 aromatic rings. The molecule has 4 N–H and O–H groups in total. The average Bonchev–Trinajstić information content (AvgIpc) is 3.19. The first kappa shape index (κ1) is 19.3. The third-order valence-corrected chi connectivity index (χ3v) is 6.22. The van der Waals surface area contributed by atoms with Crippen molar-refractivity contribution in [2.75, 3.05) is 5.32 Å². The van der Waals surface area contributed by atoms with Gasteiger partial charge < -0.3 is 16.2 Å². The summed E-state index contributed by atoms with van der Waals surface area (Å²) >= 11 is 0. The van der Waals surface area contributed by atoms with E-state index in [0.29, 0.717) is 0 Å². The number of hydrogen-bond acceptors (Lipinski definition) is 6. The van der Waals surface area contributed by atoms with Crippen LogP contribution in [0.25, 0.3) is 0 Å². The average molecular weight is 393 g/mol. The second kappa shape index (κ2) is 7.40. The topological polar surface area (TPSA) is 122 Å². The van der Waals surface area contributed by atoms with Crippen molar-refractivity contribution in [2.24, 2.45) is 11.7 Å². The lowest BCUT2D eigenvalue weighted by Crippen LogP contribution is -2.59. The van der Waals surface area contributed by atoms with Gasteiger partial charge in [0, 0.05) is 42.0 Å². The molecule has 2 aliphatic rings. The van der Waals surface area contributed by atoms with Crippen molar-refractivity contribution in [3.63, 3.8) is 0 Å². The van der Waals surface area contributed by atoms with Gasteiger partial charge in [0.25, 0.3) is 0 Å². The van der Waals surface area contributed by atoms with E-state index in [1.54, 1.807) is 6.07 Å². The van der Waals surface area contributed by atoms with Crippen LogP contribution in [0.15, 0.2) is 48.8 Å². The highest BCUT2D eigenvalue weighted by Crippen LogP contribution is 2.50. The summed E-state index contributed by atoms with van der Waals surface area (Å²) in [7, 11) is 0. The number of pyridine rings is 1. The minimum Gasteiger partial charge on any atom is -0.480 e. The smallest absolute Gasteiger partial charge is 0.324 e. The van der Waals surface area contributed by atoms with Crippen molar-refractivity contribution in [1.29, 1.82) is 0 Å². The molecule has 1 aliphatic carbocycles. The second-order valence-corrected chi connectivity index (χ2v) is 7.93. The third kappa shape index (κ3) is 3.31. The fourth-order valence-corrected chi connectivity index (χ4v) is 4.88. The number of Topliss-reactive ketones (excluding diaryl/α,β-unsaturated/α-hetero) is 2. The van der Waals surface area contributed by atoms with Crippen molar-refractivity contribution in [1.82, 2.24) is 4.98 Å². The van der Waals surface area contributed by atoms with E-state index in [-0.39, 0.29) is 17.5 Å². The van der Waals surface area contributed by atoms with Crippen LogP contribution in [-0.4, -0.2) is 39.2 Å². The Hall–Kier alpha value is -3.06. The highest BCUT2D eigenvalue weighted by atomic mass is 16.4. The zero-order chi connectivity index (χ0) is 20.6.